The Kier molecular flexibility index (Phi) is 6.78. The monoisotopic (exact) mass is 306 g/mol. The first-order valence-corrected chi connectivity index (χ1v) is 7.65. The van der Waals surface area contributed by atoms with Crippen LogP contribution >= 0.6 is 39.3 Å². The molecule has 0 aliphatic heterocycles. The quantitative estimate of drug-likeness (QED) is 0.511. The highest BCUT2D eigenvalue weighted by atomic mass is 79.9. The molecule has 0 heterocycles. The van der Waals surface area contributed by atoms with E-state index in [-0.39, 0.29) is 0 Å². The molecule has 0 fully saturated rings. The molecule has 0 nitrogen and oxygen atoms in total. The molecular weight excluding hydrogens is 292 g/mol. The number of hydrogen-bond donors (Lipinski definition) is 0. The van der Waals surface area contributed by atoms with Crippen molar-refractivity contribution in [2.75, 3.05) is 11.1 Å². The first-order chi connectivity index (χ1) is 7.22. The highest BCUT2D eigenvalue weighted by Crippen LogP contribution is 2.23. The second-order valence-electron chi connectivity index (χ2n) is 3.67. The zero-order valence-corrected chi connectivity index (χ0v) is 12.0. The number of benzene rings is 1. The largest absolute Gasteiger partial charge is 0.126 e. The lowest BCUT2D eigenvalue weighted by molar-refractivity contribution is 0.555. The van der Waals surface area contributed by atoms with E-state index >= 15 is 0 Å². The van der Waals surface area contributed by atoms with Gasteiger partial charge in [0.1, 0.15) is 0 Å². The molecule has 3 heteroatoms. The van der Waals surface area contributed by atoms with Gasteiger partial charge in [0.05, 0.1) is 0 Å². The van der Waals surface area contributed by atoms with Crippen LogP contribution in [-0.2, 0) is 0 Å². The minimum absolute atomic E-state index is 0.809. The first kappa shape index (κ1) is 13.4. The molecule has 0 radical (unpaired) electrons. The number of hydrogen-bond acceptors (Lipinski definition) is 1. The van der Waals surface area contributed by atoms with Crippen LogP contribution in [0.1, 0.15) is 19.8 Å². The SMILES string of the molecule is CC(CCBr)CCSc1ccc(Cl)cc1. The molecule has 0 amide bonds. The van der Waals surface area contributed by atoms with Crippen molar-refractivity contribution >= 4 is 39.3 Å². The third-order valence-electron chi connectivity index (χ3n) is 2.29. The van der Waals surface area contributed by atoms with Gasteiger partial charge in [-0.05, 0) is 48.8 Å². The molecule has 0 spiro atoms. The second-order valence-corrected chi connectivity index (χ2v) is 6.07. The van der Waals surface area contributed by atoms with E-state index in [4.69, 9.17) is 11.6 Å². The van der Waals surface area contributed by atoms with E-state index < -0.39 is 0 Å². The molecule has 1 rings (SSSR count). The van der Waals surface area contributed by atoms with Gasteiger partial charge >= 0.3 is 0 Å². The van der Waals surface area contributed by atoms with Crippen LogP contribution in [0.3, 0.4) is 0 Å². The van der Waals surface area contributed by atoms with Crippen LogP contribution < -0.4 is 0 Å². The lowest BCUT2D eigenvalue weighted by Crippen LogP contribution is -1.96. The molecule has 15 heavy (non-hydrogen) atoms. The zero-order chi connectivity index (χ0) is 11.1. The van der Waals surface area contributed by atoms with Crippen molar-refractivity contribution in [1.29, 1.82) is 0 Å². The van der Waals surface area contributed by atoms with Crippen LogP contribution in [0.4, 0.5) is 0 Å². The third-order valence-corrected chi connectivity index (χ3v) is 4.05. The summed E-state index contributed by atoms with van der Waals surface area (Å²) in [6.07, 6.45) is 2.54. The standard InChI is InChI=1S/C12H16BrClS/c1-10(6-8-13)7-9-15-12-4-2-11(14)3-5-12/h2-5,10H,6-9H2,1H3. The molecule has 0 aliphatic rings. The average Bonchev–Trinajstić information content (AvgIpc) is 2.21. The molecule has 0 saturated carbocycles. The summed E-state index contributed by atoms with van der Waals surface area (Å²) in [4.78, 5) is 1.31. The summed E-state index contributed by atoms with van der Waals surface area (Å²) in [6, 6.07) is 8.07. The summed E-state index contributed by atoms with van der Waals surface area (Å²) in [5.74, 6) is 2.00. The van der Waals surface area contributed by atoms with Crippen LogP contribution in [0.25, 0.3) is 0 Å². The fourth-order valence-electron chi connectivity index (χ4n) is 1.24. The van der Waals surface area contributed by atoms with Crippen molar-refractivity contribution in [2.24, 2.45) is 5.92 Å². The lowest BCUT2D eigenvalue weighted by Gasteiger charge is -2.08. The van der Waals surface area contributed by atoms with Gasteiger partial charge in [-0.3, -0.25) is 0 Å². The summed E-state index contributed by atoms with van der Waals surface area (Å²) in [7, 11) is 0. The summed E-state index contributed by atoms with van der Waals surface area (Å²) in [5, 5.41) is 1.92. The number of halogens is 2. The van der Waals surface area contributed by atoms with Crippen LogP contribution in [0.2, 0.25) is 5.02 Å². The van der Waals surface area contributed by atoms with Gasteiger partial charge in [0.25, 0.3) is 0 Å². The Balaban J connectivity index is 2.22. The molecule has 0 bridgehead atoms. The minimum Gasteiger partial charge on any atom is -0.126 e. The Hall–Kier alpha value is 0.340. The molecule has 1 atom stereocenters. The van der Waals surface area contributed by atoms with E-state index in [1.807, 2.05) is 23.9 Å². The molecule has 1 aromatic carbocycles. The molecule has 84 valence electrons. The van der Waals surface area contributed by atoms with E-state index in [2.05, 4.69) is 35.0 Å². The van der Waals surface area contributed by atoms with Gasteiger partial charge in [0.15, 0.2) is 0 Å². The van der Waals surface area contributed by atoms with Crippen molar-refractivity contribution in [3.8, 4) is 0 Å². The van der Waals surface area contributed by atoms with Gasteiger partial charge in [-0.25, -0.2) is 0 Å². The zero-order valence-electron chi connectivity index (χ0n) is 8.88. The summed E-state index contributed by atoms with van der Waals surface area (Å²) < 4.78 is 0. The molecular formula is C12H16BrClS. The molecule has 1 unspecified atom stereocenters. The number of rotatable bonds is 6. The highest BCUT2D eigenvalue weighted by molar-refractivity contribution is 9.09. The third kappa shape index (κ3) is 5.84. The Bertz CT molecular complexity index is 273. The smallest absolute Gasteiger partial charge is 0.0406 e. The minimum atomic E-state index is 0.809. The Morgan fingerprint density at radius 1 is 1.27 bits per heavy atom. The van der Waals surface area contributed by atoms with Crippen LogP contribution in [0, 0.1) is 5.92 Å². The maximum Gasteiger partial charge on any atom is 0.0406 e. The van der Waals surface area contributed by atoms with Gasteiger partial charge in [-0.2, -0.15) is 0 Å². The van der Waals surface area contributed by atoms with Crippen LogP contribution in [0.5, 0.6) is 0 Å². The topological polar surface area (TPSA) is 0 Å². The van der Waals surface area contributed by atoms with E-state index in [1.54, 1.807) is 0 Å². The van der Waals surface area contributed by atoms with Gasteiger partial charge in [-0.15, -0.1) is 11.8 Å². The van der Waals surface area contributed by atoms with Crippen molar-refractivity contribution in [3.63, 3.8) is 0 Å². The summed E-state index contributed by atoms with van der Waals surface area (Å²) in [5.41, 5.74) is 0. The Morgan fingerprint density at radius 3 is 2.53 bits per heavy atom. The van der Waals surface area contributed by atoms with E-state index in [0.29, 0.717) is 0 Å². The molecule has 0 N–H and O–H groups in total. The van der Waals surface area contributed by atoms with Crippen molar-refractivity contribution in [3.05, 3.63) is 29.3 Å². The van der Waals surface area contributed by atoms with E-state index in [0.717, 1.165) is 16.3 Å². The molecule has 0 saturated heterocycles. The number of alkyl halides is 1. The molecule has 1 aromatic rings. The van der Waals surface area contributed by atoms with Gasteiger partial charge in [0.2, 0.25) is 0 Å². The molecule has 0 aliphatic carbocycles. The normalized spacial score (nSPS) is 12.7. The Labute approximate surface area is 110 Å². The first-order valence-electron chi connectivity index (χ1n) is 5.16. The Morgan fingerprint density at radius 2 is 1.93 bits per heavy atom. The fourth-order valence-corrected chi connectivity index (χ4v) is 3.23. The van der Waals surface area contributed by atoms with Crippen molar-refractivity contribution in [1.82, 2.24) is 0 Å². The lowest BCUT2D eigenvalue weighted by atomic mass is 10.1. The highest BCUT2D eigenvalue weighted by Gasteiger charge is 2.01. The predicted octanol–water partition coefficient (Wildman–Crippen LogP) is 5.24. The van der Waals surface area contributed by atoms with E-state index in [9.17, 15) is 0 Å². The van der Waals surface area contributed by atoms with Gasteiger partial charge in [0, 0.05) is 15.2 Å². The van der Waals surface area contributed by atoms with Crippen LogP contribution in [0.15, 0.2) is 29.2 Å². The van der Waals surface area contributed by atoms with E-state index in [1.165, 1.54) is 23.5 Å². The maximum atomic E-state index is 5.82. The van der Waals surface area contributed by atoms with Gasteiger partial charge < -0.3 is 0 Å². The van der Waals surface area contributed by atoms with Crippen molar-refractivity contribution < 1.29 is 0 Å². The van der Waals surface area contributed by atoms with Gasteiger partial charge in [-0.1, -0.05) is 34.5 Å². The summed E-state index contributed by atoms with van der Waals surface area (Å²) >= 11 is 11.2. The maximum absolute atomic E-state index is 5.82. The summed E-state index contributed by atoms with van der Waals surface area (Å²) in [6.45, 7) is 2.31. The second kappa shape index (κ2) is 7.59. The predicted molar refractivity (Wildman–Crippen MR) is 74.4 cm³/mol. The number of thioether (sulfide) groups is 1. The van der Waals surface area contributed by atoms with Crippen molar-refractivity contribution in [2.45, 2.75) is 24.7 Å². The fraction of sp³-hybridized carbons (Fsp3) is 0.500. The average molecular weight is 308 g/mol. The molecule has 0 aromatic heterocycles. The van der Waals surface area contributed by atoms with Crippen LogP contribution in [-0.4, -0.2) is 11.1 Å².